The molecule has 128 valence electrons. The Morgan fingerprint density at radius 2 is 2.30 bits per heavy atom. The molecule has 1 aromatic carbocycles. The molecule has 5 heteroatoms. The number of likely N-dealkylation sites (tertiary alicyclic amines) is 1. The molecule has 0 bridgehead atoms. The molecular formula is C18H26ClNO3. The smallest absolute Gasteiger partial charge is 0.124 e. The topological polar surface area (TPSA) is 41.9 Å². The van der Waals surface area contributed by atoms with Crippen molar-refractivity contribution in [3.05, 3.63) is 28.8 Å². The third kappa shape index (κ3) is 3.66. The highest BCUT2D eigenvalue weighted by Crippen LogP contribution is 2.37. The van der Waals surface area contributed by atoms with Gasteiger partial charge in [0.05, 0.1) is 19.3 Å². The molecule has 4 nitrogen and oxygen atoms in total. The fourth-order valence-electron chi connectivity index (χ4n) is 3.95. The zero-order valence-corrected chi connectivity index (χ0v) is 14.7. The van der Waals surface area contributed by atoms with Gasteiger partial charge in [-0.1, -0.05) is 17.7 Å². The highest BCUT2D eigenvalue weighted by Gasteiger charge is 2.44. The minimum absolute atomic E-state index is 0.164. The molecule has 0 unspecified atom stereocenters. The van der Waals surface area contributed by atoms with Crippen LogP contribution in [0.5, 0.6) is 5.75 Å². The van der Waals surface area contributed by atoms with E-state index in [0.717, 1.165) is 37.2 Å². The summed E-state index contributed by atoms with van der Waals surface area (Å²) in [5, 5.41) is 11.5. The molecule has 0 radical (unpaired) electrons. The van der Waals surface area contributed by atoms with Crippen molar-refractivity contribution in [2.45, 2.75) is 44.4 Å². The molecule has 1 N–H and O–H groups in total. The Morgan fingerprint density at radius 3 is 3.04 bits per heavy atom. The molecule has 2 heterocycles. The average molecular weight is 340 g/mol. The van der Waals surface area contributed by atoms with Gasteiger partial charge < -0.3 is 14.6 Å². The monoisotopic (exact) mass is 339 g/mol. The molecule has 2 aliphatic heterocycles. The van der Waals surface area contributed by atoms with Crippen molar-refractivity contribution in [2.75, 3.05) is 26.9 Å². The van der Waals surface area contributed by atoms with Gasteiger partial charge in [-0.3, -0.25) is 4.90 Å². The summed E-state index contributed by atoms with van der Waals surface area (Å²) >= 11 is 6.06. The Kier molecular flexibility index (Phi) is 5.16. The lowest BCUT2D eigenvalue weighted by atomic mass is 9.79. The molecule has 1 aromatic rings. The molecule has 0 spiro atoms. The molecule has 2 aliphatic rings. The van der Waals surface area contributed by atoms with Crippen LogP contribution in [0.2, 0.25) is 5.02 Å². The molecule has 23 heavy (non-hydrogen) atoms. The second-order valence-electron chi connectivity index (χ2n) is 6.92. The molecule has 3 atom stereocenters. The van der Waals surface area contributed by atoms with E-state index in [1.807, 2.05) is 25.1 Å². The van der Waals surface area contributed by atoms with Gasteiger partial charge in [0, 0.05) is 35.7 Å². The van der Waals surface area contributed by atoms with Crippen molar-refractivity contribution >= 4 is 11.6 Å². The molecule has 0 aliphatic carbocycles. The molecule has 0 aromatic heterocycles. The summed E-state index contributed by atoms with van der Waals surface area (Å²) in [6.45, 7) is 5.12. The fourth-order valence-corrected chi connectivity index (χ4v) is 4.11. The van der Waals surface area contributed by atoms with E-state index < -0.39 is 5.60 Å². The number of benzene rings is 1. The van der Waals surface area contributed by atoms with Gasteiger partial charge in [-0.15, -0.1) is 0 Å². The van der Waals surface area contributed by atoms with Crippen LogP contribution in [0.4, 0.5) is 0 Å². The van der Waals surface area contributed by atoms with Crippen LogP contribution >= 0.6 is 11.6 Å². The van der Waals surface area contributed by atoms with Gasteiger partial charge in [-0.25, -0.2) is 0 Å². The number of aliphatic hydroxyl groups is 1. The third-order valence-electron chi connectivity index (χ3n) is 5.35. The first-order valence-electron chi connectivity index (χ1n) is 8.38. The van der Waals surface area contributed by atoms with Crippen molar-refractivity contribution in [3.8, 4) is 5.75 Å². The average Bonchev–Trinajstić information content (AvgIpc) is 2.96. The quantitative estimate of drug-likeness (QED) is 0.915. The summed E-state index contributed by atoms with van der Waals surface area (Å²) in [6.07, 6.45) is 2.99. The molecule has 3 rings (SSSR count). The molecular weight excluding hydrogens is 314 g/mol. The van der Waals surface area contributed by atoms with E-state index in [4.69, 9.17) is 21.1 Å². The Hall–Kier alpha value is -0.810. The number of halogens is 1. The standard InChI is InChI=1S/C18H26ClNO3/c1-18(21)7-9-23-12-15(18)16-4-3-8-20(16)11-13-5-6-14(19)10-17(13)22-2/h5-6,10,15-16,21H,3-4,7-9,11-12H2,1-2H3/t15-,16-,18-/m1/s1. The molecule has 0 saturated carbocycles. The SMILES string of the molecule is COc1cc(Cl)ccc1CN1CCC[C@@H]1[C@H]1COCC[C@@]1(C)O. The Balaban J connectivity index is 1.77. The van der Waals surface area contributed by atoms with Crippen molar-refractivity contribution in [1.82, 2.24) is 4.90 Å². The van der Waals surface area contributed by atoms with Gasteiger partial charge in [0.2, 0.25) is 0 Å². The Morgan fingerprint density at radius 1 is 1.48 bits per heavy atom. The number of methoxy groups -OCH3 is 1. The number of hydrogen-bond acceptors (Lipinski definition) is 4. The van der Waals surface area contributed by atoms with Gasteiger partial charge in [0.1, 0.15) is 5.75 Å². The minimum Gasteiger partial charge on any atom is -0.496 e. The normalized spacial score (nSPS) is 32.2. The number of nitrogens with zero attached hydrogens (tertiary/aromatic N) is 1. The number of hydrogen-bond donors (Lipinski definition) is 1. The Bertz CT molecular complexity index is 549. The van der Waals surface area contributed by atoms with Crippen LogP contribution in [-0.2, 0) is 11.3 Å². The van der Waals surface area contributed by atoms with Crippen LogP contribution in [0.15, 0.2) is 18.2 Å². The highest BCUT2D eigenvalue weighted by molar-refractivity contribution is 6.30. The maximum atomic E-state index is 10.8. The van der Waals surface area contributed by atoms with Gasteiger partial charge in [0.25, 0.3) is 0 Å². The van der Waals surface area contributed by atoms with Crippen molar-refractivity contribution in [3.63, 3.8) is 0 Å². The number of ether oxygens (including phenoxy) is 2. The maximum Gasteiger partial charge on any atom is 0.124 e. The summed E-state index contributed by atoms with van der Waals surface area (Å²) in [7, 11) is 1.68. The van der Waals surface area contributed by atoms with Gasteiger partial charge in [0.15, 0.2) is 0 Å². The molecule has 2 fully saturated rings. The Labute approximate surface area is 143 Å². The lowest BCUT2D eigenvalue weighted by molar-refractivity contribution is -0.123. The zero-order valence-electron chi connectivity index (χ0n) is 13.9. The van der Waals surface area contributed by atoms with Crippen LogP contribution in [0.3, 0.4) is 0 Å². The number of rotatable bonds is 4. The summed E-state index contributed by atoms with van der Waals surface area (Å²) in [6, 6.07) is 6.16. The largest absolute Gasteiger partial charge is 0.496 e. The van der Waals surface area contributed by atoms with Crippen molar-refractivity contribution < 1.29 is 14.6 Å². The second kappa shape index (κ2) is 6.98. The van der Waals surface area contributed by atoms with Crippen molar-refractivity contribution in [1.29, 1.82) is 0 Å². The zero-order chi connectivity index (χ0) is 16.4. The second-order valence-corrected chi connectivity index (χ2v) is 7.36. The van der Waals surface area contributed by atoms with E-state index in [1.165, 1.54) is 0 Å². The van der Waals surface area contributed by atoms with E-state index in [2.05, 4.69) is 4.90 Å². The minimum atomic E-state index is -0.643. The third-order valence-corrected chi connectivity index (χ3v) is 5.59. The summed E-state index contributed by atoms with van der Waals surface area (Å²) in [5.41, 5.74) is 0.496. The summed E-state index contributed by atoms with van der Waals surface area (Å²) in [5.74, 6) is 0.992. The van der Waals surface area contributed by atoms with E-state index in [1.54, 1.807) is 7.11 Å². The predicted molar refractivity (Wildman–Crippen MR) is 91.0 cm³/mol. The van der Waals surface area contributed by atoms with E-state index in [9.17, 15) is 5.11 Å². The highest BCUT2D eigenvalue weighted by atomic mass is 35.5. The van der Waals surface area contributed by atoms with E-state index >= 15 is 0 Å². The lowest BCUT2D eigenvalue weighted by Gasteiger charge is -2.43. The van der Waals surface area contributed by atoms with Crippen LogP contribution in [0.25, 0.3) is 0 Å². The van der Waals surface area contributed by atoms with Crippen LogP contribution < -0.4 is 4.74 Å². The molecule has 2 saturated heterocycles. The van der Waals surface area contributed by atoms with Gasteiger partial charge in [-0.2, -0.15) is 0 Å². The molecule has 0 amide bonds. The van der Waals surface area contributed by atoms with Gasteiger partial charge >= 0.3 is 0 Å². The fraction of sp³-hybridized carbons (Fsp3) is 0.667. The van der Waals surface area contributed by atoms with Crippen LogP contribution in [-0.4, -0.2) is 48.5 Å². The predicted octanol–water partition coefficient (Wildman–Crippen LogP) is 3.10. The van der Waals surface area contributed by atoms with Crippen LogP contribution in [0.1, 0.15) is 31.7 Å². The van der Waals surface area contributed by atoms with E-state index in [-0.39, 0.29) is 5.92 Å². The summed E-state index contributed by atoms with van der Waals surface area (Å²) < 4.78 is 11.1. The maximum absolute atomic E-state index is 10.8. The first-order chi connectivity index (χ1) is 11.0. The van der Waals surface area contributed by atoms with Gasteiger partial charge in [-0.05, 0) is 44.9 Å². The first-order valence-corrected chi connectivity index (χ1v) is 8.75. The van der Waals surface area contributed by atoms with Crippen molar-refractivity contribution in [2.24, 2.45) is 5.92 Å². The van der Waals surface area contributed by atoms with Crippen LogP contribution in [0, 0.1) is 5.92 Å². The van der Waals surface area contributed by atoms with E-state index in [0.29, 0.717) is 30.7 Å². The first kappa shape index (κ1) is 17.0. The lowest BCUT2D eigenvalue weighted by Crippen LogP contribution is -2.52. The summed E-state index contributed by atoms with van der Waals surface area (Å²) in [4.78, 5) is 2.46.